The van der Waals surface area contributed by atoms with Gasteiger partial charge >= 0.3 is 6.03 Å². The second kappa shape index (κ2) is 5.95. The molecule has 0 bridgehead atoms. The number of rotatable bonds is 3. The van der Waals surface area contributed by atoms with Crippen LogP contribution in [0, 0.1) is 0 Å². The minimum Gasteiger partial charge on any atom is -0.314 e. The van der Waals surface area contributed by atoms with Gasteiger partial charge in [-0.3, -0.25) is 0 Å². The third-order valence-electron chi connectivity index (χ3n) is 2.14. The number of carbonyl (C=O) groups is 1. The molecule has 3 heteroatoms. The number of para-hydroxylation sites is 1. The molecule has 16 heavy (non-hydrogen) atoms. The lowest BCUT2D eigenvalue weighted by molar-refractivity contribution is 0.255. The predicted molar refractivity (Wildman–Crippen MR) is 67.4 cm³/mol. The molecule has 2 N–H and O–H groups in total. The van der Waals surface area contributed by atoms with Crippen molar-refractivity contribution in [1.82, 2.24) is 5.32 Å². The van der Waals surface area contributed by atoms with E-state index in [1.807, 2.05) is 38.1 Å². The highest BCUT2D eigenvalue weighted by Gasteiger charge is 2.02. The van der Waals surface area contributed by atoms with E-state index in [2.05, 4.69) is 17.6 Å². The first-order valence-electron chi connectivity index (χ1n) is 5.42. The van der Waals surface area contributed by atoms with E-state index in [-0.39, 0.29) is 6.03 Å². The van der Waals surface area contributed by atoms with Gasteiger partial charge in [0.15, 0.2) is 0 Å². The minimum atomic E-state index is -0.206. The van der Waals surface area contributed by atoms with E-state index in [1.54, 1.807) is 6.20 Å². The molecule has 1 aromatic carbocycles. The summed E-state index contributed by atoms with van der Waals surface area (Å²) in [5.41, 5.74) is 3.05. The lowest BCUT2D eigenvalue weighted by Crippen LogP contribution is -2.24. The number of hydrogen-bond acceptors (Lipinski definition) is 1. The van der Waals surface area contributed by atoms with Crippen molar-refractivity contribution in [2.24, 2.45) is 0 Å². The van der Waals surface area contributed by atoms with Crippen LogP contribution < -0.4 is 10.6 Å². The van der Waals surface area contributed by atoms with E-state index in [4.69, 9.17) is 0 Å². The fourth-order valence-electron chi connectivity index (χ4n) is 1.32. The normalized spacial score (nSPS) is 9.44. The molecule has 0 aliphatic heterocycles. The standard InChI is InChI=1S/C13H18N2O/c1-4-11-7-5-6-8-12(11)15-13(16)14-9-10(2)3/h5-9H,4H2,1-3H3,(H2,14,15,16). The van der Waals surface area contributed by atoms with E-state index in [1.165, 1.54) is 0 Å². The largest absolute Gasteiger partial charge is 0.323 e. The molecule has 0 spiro atoms. The summed E-state index contributed by atoms with van der Waals surface area (Å²) in [4.78, 5) is 11.5. The molecule has 0 aromatic heterocycles. The van der Waals surface area contributed by atoms with Gasteiger partial charge < -0.3 is 10.6 Å². The van der Waals surface area contributed by atoms with Crippen LogP contribution in [-0.4, -0.2) is 6.03 Å². The maximum atomic E-state index is 11.5. The number of aryl methyl sites for hydroxylation is 1. The number of nitrogens with one attached hydrogen (secondary N) is 2. The van der Waals surface area contributed by atoms with Gasteiger partial charge in [0.05, 0.1) is 0 Å². The van der Waals surface area contributed by atoms with Gasteiger partial charge in [0.2, 0.25) is 0 Å². The fourth-order valence-corrected chi connectivity index (χ4v) is 1.32. The highest BCUT2D eigenvalue weighted by molar-refractivity contribution is 5.90. The number of hydrogen-bond donors (Lipinski definition) is 2. The summed E-state index contributed by atoms with van der Waals surface area (Å²) in [5.74, 6) is 0. The van der Waals surface area contributed by atoms with Crippen LogP contribution in [0.2, 0.25) is 0 Å². The molecule has 0 radical (unpaired) electrons. The van der Waals surface area contributed by atoms with Gasteiger partial charge in [-0.15, -0.1) is 0 Å². The molecule has 0 aliphatic carbocycles. The zero-order valence-electron chi connectivity index (χ0n) is 10.0. The fraction of sp³-hybridized carbons (Fsp3) is 0.308. The lowest BCUT2D eigenvalue weighted by Gasteiger charge is -2.09. The average Bonchev–Trinajstić information content (AvgIpc) is 2.27. The summed E-state index contributed by atoms with van der Waals surface area (Å²) < 4.78 is 0. The molecule has 1 aromatic rings. The molecule has 0 unspecified atom stereocenters. The number of amides is 2. The summed E-state index contributed by atoms with van der Waals surface area (Å²) in [5, 5.41) is 5.49. The van der Waals surface area contributed by atoms with Crippen LogP contribution >= 0.6 is 0 Å². The van der Waals surface area contributed by atoms with Gasteiger partial charge in [-0.2, -0.15) is 0 Å². The van der Waals surface area contributed by atoms with Crippen molar-refractivity contribution >= 4 is 11.7 Å². The van der Waals surface area contributed by atoms with Gasteiger partial charge in [-0.05, 0) is 31.9 Å². The first kappa shape index (κ1) is 12.3. The van der Waals surface area contributed by atoms with Crippen LogP contribution in [-0.2, 0) is 6.42 Å². The van der Waals surface area contributed by atoms with Gasteiger partial charge in [0.1, 0.15) is 0 Å². The van der Waals surface area contributed by atoms with Gasteiger partial charge in [0.25, 0.3) is 0 Å². The third-order valence-corrected chi connectivity index (χ3v) is 2.14. The molecule has 0 aliphatic rings. The van der Waals surface area contributed by atoms with Crippen molar-refractivity contribution in [3.05, 3.63) is 41.6 Å². The van der Waals surface area contributed by atoms with Gasteiger partial charge in [-0.1, -0.05) is 30.7 Å². The van der Waals surface area contributed by atoms with Gasteiger partial charge in [0, 0.05) is 11.9 Å². The zero-order chi connectivity index (χ0) is 12.0. The van der Waals surface area contributed by atoms with E-state index >= 15 is 0 Å². The number of urea groups is 1. The van der Waals surface area contributed by atoms with Crippen molar-refractivity contribution in [1.29, 1.82) is 0 Å². The molecule has 3 nitrogen and oxygen atoms in total. The quantitative estimate of drug-likeness (QED) is 0.803. The molecule has 0 saturated carbocycles. The van der Waals surface area contributed by atoms with Crippen molar-refractivity contribution < 1.29 is 4.79 Å². The SMILES string of the molecule is CCc1ccccc1NC(=O)NC=C(C)C. The third kappa shape index (κ3) is 3.77. The van der Waals surface area contributed by atoms with Crippen LogP contribution in [0.3, 0.4) is 0 Å². The maximum absolute atomic E-state index is 11.5. The lowest BCUT2D eigenvalue weighted by atomic mass is 10.1. The minimum absolute atomic E-state index is 0.206. The Bertz CT molecular complexity index is 393. The van der Waals surface area contributed by atoms with E-state index < -0.39 is 0 Å². The molecular formula is C13H18N2O. The van der Waals surface area contributed by atoms with Crippen LogP contribution in [0.4, 0.5) is 10.5 Å². The van der Waals surface area contributed by atoms with E-state index in [0.717, 1.165) is 23.2 Å². The van der Waals surface area contributed by atoms with Crippen LogP contribution in [0.15, 0.2) is 36.0 Å². The van der Waals surface area contributed by atoms with Crippen molar-refractivity contribution in [2.75, 3.05) is 5.32 Å². The summed E-state index contributed by atoms with van der Waals surface area (Å²) in [6.45, 7) is 5.93. The Morgan fingerprint density at radius 1 is 1.31 bits per heavy atom. The molecule has 0 fully saturated rings. The zero-order valence-corrected chi connectivity index (χ0v) is 10.0. The molecule has 0 heterocycles. The van der Waals surface area contributed by atoms with Crippen molar-refractivity contribution in [3.8, 4) is 0 Å². The molecule has 0 saturated heterocycles. The highest BCUT2D eigenvalue weighted by atomic mass is 16.2. The summed E-state index contributed by atoms with van der Waals surface area (Å²) in [7, 11) is 0. The second-order valence-corrected chi connectivity index (χ2v) is 3.83. The summed E-state index contributed by atoms with van der Waals surface area (Å²) in [6.07, 6.45) is 2.59. The molecule has 0 atom stereocenters. The number of allylic oxidation sites excluding steroid dienone is 1. The Kier molecular flexibility index (Phi) is 4.58. The second-order valence-electron chi connectivity index (χ2n) is 3.83. The number of anilines is 1. The average molecular weight is 218 g/mol. The van der Waals surface area contributed by atoms with Crippen LogP contribution in [0.1, 0.15) is 26.3 Å². The smallest absolute Gasteiger partial charge is 0.314 e. The van der Waals surface area contributed by atoms with Crippen molar-refractivity contribution in [3.63, 3.8) is 0 Å². The first-order valence-corrected chi connectivity index (χ1v) is 5.42. The van der Waals surface area contributed by atoms with Gasteiger partial charge in [-0.25, -0.2) is 4.79 Å². The molecular weight excluding hydrogens is 200 g/mol. The molecule has 86 valence electrons. The number of benzene rings is 1. The molecule has 1 rings (SSSR count). The van der Waals surface area contributed by atoms with E-state index in [0.29, 0.717) is 0 Å². The van der Waals surface area contributed by atoms with E-state index in [9.17, 15) is 4.79 Å². The highest BCUT2D eigenvalue weighted by Crippen LogP contribution is 2.14. The summed E-state index contributed by atoms with van der Waals surface area (Å²) >= 11 is 0. The Morgan fingerprint density at radius 3 is 2.62 bits per heavy atom. The summed E-state index contributed by atoms with van der Waals surface area (Å²) in [6, 6.07) is 7.59. The monoisotopic (exact) mass is 218 g/mol. The Labute approximate surface area is 96.6 Å². The van der Waals surface area contributed by atoms with Crippen LogP contribution in [0.5, 0.6) is 0 Å². The topological polar surface area (TPSA) is 41.1 Å². The van der Waals surface area contributed by atoms with Crippen molar-refractivity contribution in [2.45, 2.75) is 27.2 Å². The van der Waals surface area contributed by atoms with Crippen LogP contribution in [0.25, 0.3) is 0 Å². The predicted octanol–water partition coefficient (Wildman–Crippen LogP) is 3.29. The Hall–Kier alpha value is -1.77. The Balaban J connectivity index is 2.66. The number of carbonyl (C=O) groups excluding carboxylic acids is 1. The maximum Gasteiger partial charge on any atom is 0.323 e. The Morgan fingerprint density at radius 2 is 2.00 bits per heavy atom. The molecule has 2 amide bonds. The first-order chi connectivity index (χ1) is 7.63.